The zero-order valence-electron chi connectivity index (χ0n) is 15.0. The van der Waals surface area contributed by atoms with Crippen molar-refractivity contribution in [2.45, 2.75) is 65.7 Å². The Morgan fingerprint density at radius 3 is 2.19 bits per heavy atom. The highest BCUT2D eigenvalue weighted by molar-refractivity contribution is 5.42. The summed E-state index contributed by atoms with van der Waals surface area (Å²) in [6.45, 7) is 17.2. The molecule has 1 N–H and O–H groups in total. The quantitative estimate of drug-likeness (QED) is 0.797. The predicted molar refractivity (Wildman–Crippen MR) is 90.5 cm³/mol. The average molecular weight is 292 g/mol. The van der Waals surface area contributed by atoms with Crippen molar-refractivity contribution in [2.75, 3.05) is 20.2 Å². The van der Waals surface area contributed by atoms with Crippen LogP contribution in [-0.2, 0) is 5.41 Å². The largest absolute Gasteiger partial charge is 0.476 e. The lowest BCUT2D eigenvalue weighted by atomic mass is 9.78. The van der Waals surface area contributed by atoms with Gasteiger partial charge in [0.15, 0.2) is 0 Å². The third-order valence-corrected chi connectivity index (χ3v) is 3.58. The first-order chi connectivity index (χ1) is 9.68. The van der Waals surface area contributed by atoms with Crippen LogP contribution in [0.3, 0.4) is 0 Å². The number of likely N-dealkylation sites (N-methyl/N-ethyl adjacent to an activating group) is 1. The molecule has 1 rings (SSSR count). The van der Waals surface area contributed by atoms with E-state index in [0.717, 1.165) is 12.4 Å². The van der Waals surface area contributed by atoms with Gasteiger partial charge in [-0.3, -0.25) is 0 Å². The van der Waals surface area contributed by atoms with E-state index in [4.69, 9.17) is 9.72 Å². The van der Waals surface area contributed by atoms with Crippen molar-refractivity contribution < 1.29 is 4.74 Å². The van der Waals surface area contributed by atoms with E-state index < -0.39 is 0 Å². The maximum Gasteiger partial charge on any atom is 0.213 e. The number of pyridine rings is 1. The van der Waals surface area contributed by atoms with Crippen LogP contribution in [0.5, 0.6) is 5.88 Å². The van der Waals surface area contributed by atoms with Crippen molar-refractivity contribution >= 4 is 0 Å². The normalized spacial score (nSPS) is 12.3. The van der Waals surface area contributed by atoms with E-state index in [9.17, 15) is 0 Å². The number of hydrogen-bond acceptors (Lipinski definition) is 3. The van der Waals surface area contributed by atoms with E-state index in [1.165, 1.54) is 16.8 Å². The van der Waals surface area contributed by atoms with Gasteiger partial charge in [-0.15, -0.1) is 0 Å². The number of nitrogens with zero attached hydrogens (tertiary/aromatic N) is 1. The highest BCUT2D eigenvalue weighted by atomic mass is 16.5. The van der Waals surface area contributed by atoms with Crippen LogP contribution in [0.15, 0.2) is 6.07 Å². The Balaban J connectivity index is 3.35. The molecule has 1 aromatic heterocycles. The van der Waals surface area contributed by atoms with E-state index in [1.54, 1.807) is 0 Å². The highest BCUT2D eigenvalue weighted by Gasteiger charge is 2.26. The highest BCUT2D eigenvalue weighted by Crippen LogP contribution is 2.37. The van der Waals surface area contributed by atoms with Gasteiger partial charge in [0.2, 0.25) is 5.88 Å². The summed E-state index contributed by atoms with van der Waals surface area (Å²) in [6.07, 6.45) is 0. The summed E-state index contributed by atoms with van der Waals surface area (Å²) >= 11 is 0. The van der Waals surface area contributed by atoms with Crippen LogP contribution in [0.2, 0.25) is 0 Å². The van der Waals surface area contributed by atoms with Gasteiger partial charge in [0, 0.05) is 12.6 Å². The molecule has 1 heterocycles. The molecule has 0 atom stereocenters. The summed E-state index contributed by atoms with van der Waals surface area (Å²) in [4.78, 5) is 4.80. The van der Waals surface area contributed by atoms with E-state index in [0.29, 0.717) is 18.4 Å². The van der Waals surface area contributed by atoms with Crippen LogP contribution < -0.4 is 10.1 Å². The number of hydrogen-bond donors (Lipinski definition) is 1. The molecule has 120 valence electrons. The number of aromatic nitrogens is 1. The molecule has 0 aromatic carbocycles. The van der Waals surface area contributed by atoms with E-state index in [2.05, 4.69) is 59.8 Å². The molecule has 1 aromatic rings. The monoisotopic (exact) mass is 292 g/mol. The van der Waals surface area contributed by atoms with Crippen molar-refractivity contribution in [2.24, 2.45) is 0 Å². The van der Waals surface area contributed by atoms with Gasteiger partial charge in [0.05, 0.1) is 5.69 Å². The maximum absolute atomic E-state index is 5.82. The molecule has 3 heteroatoms. The number of nitrogens with one attached hydrogen (secondary N) is 1. The molecule has 0 aliphatic carbocycles. The van der Waals surface area contributed by atoms with Gasteiger partial charge in [0.1, 0.15) is 6.61 Å². The van der Waals surface area contributed by atoms with Crippen LogP contribution in [0, 0.1) is 0 Å². The molecule has 0 fully saturated rings. The Labute approximate surface area is 130 Å². The van der Waals surface area contributed by atoms with E-state index >= 15 is 0 Å². The van der Waals surface area contributed by atoms with Crippen LogP contribution >= 0.6 is 0 Å². The maximum atomic E-state index is 5.82. The van der Waals surface area contributed by atoms with Crippen molar-refractivity contribution in [3.05, 3.63) is 22.9 Å². The molecule has 0 unspecified atom stereocenters. The van der Waals surface area contributed by atoms with Gasteiger partial charge in [-0.2, -0.15) is 0 Å². The van der Waals surface area contributed by atoms with Crippen molar-refractivity contribution in [3.8, 4) is 5.88 Å². The molecular formula is C18H32N2O. The Kier molecular flexibility index (Phi) is 6.21. The van der Waals surface area contributed by atoms with Crippen LogP contribution in [-0.4, -0.2) is 25.2 Å². The van der Waals surface area contributed by atoms with Gasteiger partial charge < -0.3 is 10.1 Å². The minimum absolute atomic E-state index is 0.0930. The van der Waals surface area contributed by atoms with Gasteiger partial charge in [-0.05, 0) is 35.4 Å². The number of rotatable bonds is 6. The fourth-order valence-corrected chi connectivity index (χ4v) is 2.58. The predicted octanol–water partition coefficient (Wildman–Crippen LogP) is 4.22. The lowest BCUT2D eigenvalue weighted by Crippen LogP contribution is -2.21. The fourth-order valence-electron chi connectivity index (χ4n) is 2.58. The van der Waals surface area contributed by atoms with Crippen molar-refractivity contribution in [1.82, 2.24) is 10.3 Å². The zero-order chi connectivity index (χ0) is 16.2. The summed E-state index contributed by atoms with van der Waals surface area (Å²) in [5, 5.41) is 3.10. The molecule has 0 bridgehead atoms. The summed E-state index contributed by atoms with van der Waals surface area (Å²) in [7, 11) is 1.93. The molecule has 0 saturated heterocycles. The average Bonchev–Trinajstić information content (AvgIpc) is 2.36. The molecule has 0 spiro atoms. The SMILES string of the molecule is CNCCOc1cc(C(C)C)c(C(C)(C)C)c(C(C)C)n1. The third-order valence-electron chi connectivity index (χ3n) is 3.58. The first kappa shape index (κ1) is 18.0. The summed E-state index contributed by atoms with van der Waals surface area (Å²) in [5.41, 5.74) is 4.01. The lowest BCUT2D eigenvalue weighted by Gasteiger charge is -2.29. The Bertz CT molecular complexity index is 430. The summed E-state index contributed by atoms with van der Waals surface area (Å²) in [5.74, 6) is 1.61. The van der Waals surface area contributed by atoms with Gasteiger partial charge in [0.25, 0.3) is 0 Å². The van der Waals surface area contributed by atoms with Crippen LogP contribution in [0.1, 0.15) is 77.1 Å². The first-order valence-corrected chi connectivity index (χ1v) is 8.01. The minimum Gasteiger partial charge on any atom is -0.476 e. The van der Waals surface area contributed by atoms with Gasteiger partial charge in [-0.25, -0.2) is 4.98 Å². The Morgan fingerprint density at radius 1 is 1.14 bits per heavy atom. The zero-order valence-corrected chi connectivity index (χ0v) is 15.0. The van der Waals surface area contributed by atoms with E-state index in [1.807, 2.05) is 7.05 Å². The lowest BCUT2D eigenvalue weighted by molar-refractivity contribution is 0.304. The Morgan fingerprint density at radius 2 is 1.76 bits per heavy atom. The standard InChI is InChI=1S/C18H32N2O/c1-12(2)14-11-15(21-10-9-19-8)20-17(13(3)4)16(14)18(5,6)7/h11-13,19H,9-10H2,1-8H3. The second-order valence-corrected chi connectivity index (χ2v) is 7.32. The second kappa shape index (κ2) is 7.26. The molecule has 0 aliphatic heterocycles. The topological polar surface area (TPSA) is 34.1 Å². The van der Waals surface area contributed by atoms with Gasteiger partial charge in [-0.1, -0.05) is 48.5 Å². The number of ether oxygens (including phenoxy) is 1. The summed E-state index contributed by atoms with van der Waals surface area (Å²) in [6, 6.07) is 2.13. The molecule has 0 saturated carbocycles. The van der Waals surface area contributed by atoms with Crippen LogP contribution in [0.25, 0.3) is 0 Å². The molecule has 0 aliphatic rings. The molecular weight excluding hydrogens is 260 g/mol. The second-order valence-electron chi connectivity index (χ2n) is 7.32. The Hall–Kier alpha value is -1.09. The van der Waals surface area contributed by atoms with Crippen molar-refractivity contribution in [3.63, 3.8) is 0 Å². The van der Waals surface area contributed by atoms with E-state index in [-0.39, 0.29) is 5.41 Å². The molecule has 3 nitrogen and oxygen atoms in total. The summed E-state index contributed by atoms with van der Waals surface area (Å²) < 4.78 is 5.82. The molecule has 0 amide bonds. The van der Waals surface area contributed by atoms with Crippen LogP contribution in [0.4, 0.5) is 0 Å². The molecule has 0 radical (unpaired) electrons. The van der Waals surface area contributed by atoms with Crippen molar-refractivity contribution in [1.29, 1.82) is 0 Å². The molecule has 21 heavy (non-hydrogen) atoms. The fraction of sp³-hybridized carbons (Fsp3) is 0.722. The minimum atomic E-state index is 0.0930. The third kappa shape index (κ3) is 4.70. The first-order valence-electron chi connectivity index (χ1n) is 8.01. The van der Waals surface area contributed by atoms with Gasteiger partial charge >= 0.3 is 0 Å². The smallest absolute Gasteiger partial charge is 0.213 e.